The van der Waals surface area contributed by atoms with Crippen LogP contribution in [0.15, 0.2) is 17.5 Å². The van der Waals surface area contributed by atoms with E-state index in [4.69, 9.17) is 5.11 Å². The van der Waals surface area contributed by atoms with E-state index >= 15 is 0 Å². The second-order valence-corrected chi connectivity index (χ2v) is 5.29. The van der Waals surface area contributed by atoms with Crippen LogP contribution in [0.5, 0.6) is 0 Å². The van der Waals surface area contributed by atoms with Gasteiger partial charge < -0.3 is 10.4 Å². The maximum Gasteiger partial charge on any atom is 0.0434 e. The van der Waals surface area contributed by atoms with E-state index in [0.29, 0.717) is 18.6 Å². The molecule has 0 fully saturated rings. The fourth-order valence-electron chi connectivity index (χ4n) is 1.92. The van der Waals surface area contributed by atoms with E-state index < -0.39 is 0 Å². The number of rotatable bonds is 8. The van der Waals surface area contributed by atoms with Crippen molar-refractivity contribution in [2.24, 2.45) is 5.92 Å². The molecule has 1 heterocycles. The van der Waals surface area contributed by atoms with Gasteiger partial charge in [-0.2, -0.15) is 0 Å². The molecule has 0 aromatic carbocycles. The van der Waals surface area contributed by atoms with Crippen molar-refractivity contribution in [3.05, 3.63) is 22.4 Å². The molecule has 2 atom stereocenters. The van der Waals surface area contributed by atoms with E-state index in [2.05, 4.69) is 36.7 Å². The third-order valence-electron chi connectivity index (χ3n) is 2.92. The maximum atomic E-state index is 8.99. The van der Waals surface area contributed by atoms with Crippen molar-refractivity contribution in [2.75, 3.05) is 13.2 Å². The Kier molecular flexibility index (Phi) is 6.69. The zero-order valence-corrected chi connectivity index (χ0v) is 11.1. The standard InChI is InChI=1S/C13H23NOS/c1-3-5-12(7-8-15)10-14-11(2)13-6-4-9-16-13/h4,6,9,11-12,14-15H,3,5,7-8,10H2,1-2H3. The third-order valence-corrected chi connectivity index (χ3v) is 3.97. The molecule has 2 unspecified atom stereocenters. The van der Waals surface area contributed by atoms with Gasteiger partial charge in [0.2, 0.25) is 0 Å². The third kappa shape index (κ3) is 4.64. The first-order valence-electron chi connectivity index (χ1n) is 6.15. The van der Waals surface area contributed by atoms with Gasteiger partial charge in [0.15, 0.2) is 0 Å². The van der Waals surface area contributed by atoms with E-state index in [1.54, 1.807) is 11.3 Å². The molecule has 0 radical (unpaired) electrons. The Morgan fingerprint density at radius 2 is 2.25 bits per heavy atom. The molecule has 0 aliphatic rings. The summed E-state index contributed by atoms with van der Waals surface area (Å²) in [7, 11) is 0. The molecule has 1 aromatic heterocycles. The lowest BCUT2D eigenvalue weighted by Gasteiger charge is -2.19. The summed E-state index contributed by atoms with van der Waals surface area (Å²) in [5.74, 6) is 0.609. The van der Waals surface area contributed by atoms with E-state index in [1.165, 1.54) is 17.7 Å². The van der Waals surface area contributed by atoms with E-state index in [9.17, 15) is 0 Å². The van der Waals surface area contributed by atoms with Gasteiger partial charge in [0, 0.05) is 17.5 Å². The lowest BCUT2D eigenvalue weighted by molar-refractivity contribution is 0.246. The molecule has 0 saturated carbocycles. The number of aliphatic hydroxyl groups is 1. The smallest absolute Gasteiger partial charge is 0.0434 e. The van der Waals surface area contributed by atoms with Crippen molar-refractivity contribution >= 4 is 11.3 Å². The highest BCUT2D eigenvalue weighted by atomic mass is 32.1. The van der Waals surface area contributed by atoms with Crippen LogP contribution in [0.3, 0.4) is 0 Å². The first-order valence-corrected chi connectivity index (χ1v) is 7.03. The van der Waals surface area contributed by atoms with Crippen LogP contribution in [0.1, 0.15) is 44.0 Å². The van der Waals surface area contributed by atoms with Crippen molar-refractivity contribution in [3.63, 3.8) is 0 Å². The number of nitrogens with one attached hydrogen (secondary N) is 1. The van der Waals surface area contributed by atoms with E-state index in [-0.39, 0.29) is 0 Å². The molecule has 1 rings (SSSR count). The largest absolute Gasteiger partial charge is 0.396 e. The molecule has 3 heteroatoms. The molecule has 16 heavy (non-hydrogen) atoms. The predicted octanol–water partition coefficient (Wildman–Crippen LogP) is 3.20. The molecule has 0 aliphatic heterocycles. The first kappa shape index (κ1) is 13.7. The quantitative estimate of drug-likeness (QED) is 0.732. The molecule has 92 valence electrons. The van der Waals surface area contributed by atoms with Gasteiger partial charge >= 0.3 is 0 Å². The molecule has 2 N–H and O–H groups in total. The Morgan fingerprint density at radius 3 is 2.81 bits per heavy atom. The highest BCUT2D eigenvalue weighted by Crippen LogP contribution is 2.19. The summed E-state index contributed by atoms with van der Waals surface area (Å²) >= 11 is 1.80. The Morgan fingerprint density at radius 1 is 1.44 bits per heavy atom. The van der Waals surface area contributed by atoms with Crippen LogP contribution in [0.4, 0.5) is 0 Å². The van der Waals surface area contributed by atoms with Crippen LogP contribution in [-0.4, -0.2) is 18.3 Å². The van der Waals surface area contributed by atoms with E-state index in [0.717, 1.165) is 13.0 Å². The summed E-state index contributed by atoms with van der Waals surface area (Å²) in [6.07, 6.45) is 3.31. The molecule has 0 amide bonds. The normalized spacial score (nSPS) is 14.9. The minimum Gasteiger partial charge on any atom is -0.396 e. The summed E-state index contributed by atoms with van der Waals surface area (Å²) in [6, 6.07) is 4.69. The van der Waals surface area contributed by atoms with Gasteiger partial charge in [-0.3, -0.25) is 0 Å². The first-order chi connectivity index (χ1) is 7.77. The summed E-state index contributed by atoms with van der Waals surface area (Å²) < 4.78 is 0. The zero-order valence-electron chi connectivity index (χ0n) is 10.3. The van der Waals surface area contributed by atoms with Gasteiger partial charge in [-0.15, -0.1) is 11.3 Å². The number of hydrogen-bond acceptors (Lipinski definition) is 3. The molecular formula is C13H23NOS. The topological polar surface area (TPSA) is 32.3 Å². The highest BCUT2D eigenvalue weighted by molar-refractivity contribution is 7.10. The highest BCUT2D eigenvalue weighted by Gasteiger charge is 2.10. The zero-order chi connectivity index (χ0) is 11.8. The Hall–Kier alpha value is -0.380. The van der Waals surface area contributed by atoms with Crippen LogP contribution in [0.25, 0.3) is 0 Å². The lowest BCUT2D eigenvalue weighted by atomic mass is 10.00. The molecule has 0 aliphatic carbocycles. The summed E-state index contributed by atoms with van der Waals surface area (Å²) in [4.78, 5) is 1.39. The average molecular weight is 241 g/mol. The number of hydrogen-bond donors (Lipinski definition) is 2. The molecule has 1 aromatic rings. The van der Waals surface area contributed by atoms with Gasteiger partial charge in [-0.1, -0.05) is 19.4 Å². The van der Waals surface area contributed by atoms with E-state index in [1.807, 2.05) is 0 Å². The van der Waals surface area contributed by atoms with Crippen LogP contribution in [0, 0.1) is 5.92 Å². The summed E-state index contributed by atoms with van der Waals surface area (Å²) in [5.41, 5.74) is 0. The van der Waals surface area contributed by atoms with Gasteiger partial charge in [-0.25, -0.2) is 0 Å². The molecule has 2 nitrogen and oxygen atoms in total. The Labute approximate surface area is 103 Å². The molecular weight excluding hydrogens is 218 g/mol. The Bertz CT molecular complexity index is 255. The summed E-state index contributed by atoms with van der Waals surface area (Å²) in [6.45, 7) is 5.72. The minimum atomic E-state index is 0.305. The van der Waals surface area contributed by atoms with Gasteiger partial charge in [-0.05, 0) is 43.7 Å². The minimum absolute atomic E-state index is 0.305. The van der Waals surface area contributed by atoms with Crippen LogP contribution in [0.2, 0.25) is 0 Å². The Balaban J connectivity index is 2.30. The van der Waals surface area contributed by atoms with Crippen molar-refractivity contribution in [2.45, 2.75) is 39.2 Å². The van der Waals surface area contributed by atoms with Gasteiger partial charge in [0.05, 0.1) is 0 Å². The number of aliphatic hydroxyl groups excluding tert-OH is 1. The monoisotopic (exact) mass is 241 g/mol. The summed E-state index contributed by atoms with van der Waals surface area (Å²) in [5, 5.41) is 14.7. The van der Waals surface area contributed by atoms with Crippen LogP contribution < -0.4 is 5.32 Å². The maximum absolute atomic E-state index is 8.99. The van der Waals surface area contributed by atoms with Crippen LogP contribution in [-0.2, 0) is 0 Å². The predicted molar refractivity (Wildman–Crippen MR) is 70.8 cm³/mol. The molecule has 0 saturated heterocycles. The van der Waals surface area contributed by atoms with Crippen LogP contribution >= 0.6 is 11.3 Å². The van der Waals surface area contributed by atoms with Crippen molar-refractivity contribution in [3.8, 4) is 0 Å². The lowest BCUT2D eigenvalue weighted by Crippen LogP contribution is -2.26. The molecule has 0 bridgehead atoms. The van der Waals surface area contributed by atoms with Gasteiger partial charge in [0.25, 0.3) is 0 Å². The SMILES string of the molecule is CCCC(CCO)CNC(C)c1cccs1. The number of thiophene rings is 1. The average Bonchev–Trinajstić information content (AvgIpc) is 2.79. The second-order valence-electron chi connectivity index (χ2n) is 4.31. The van der Waals surface area contributed by atoms with Crippen molar-refractivity contribution in [1.82, 2.24) is 5.32 Å². The fraction of sp³-hybridized carbons (Fsp3) is 0.692. The molecule has 0 spiro atoms. The second kappa shape index (κ2) is 7.82. The van der Waals surface area contributed by atoms with Gasteiger partial charge in [0.1, 0.15) is 0 Å². The fourth-order valence-corrected chi connectivity index (χ4v) is 2.68. The van der Waals surface area contributed by atoms with Crippen molar-refractivity contribution in [1.29, 1.82) is 0 Å². The van der Waals surface area contributed by atoms with Crippen molar-refractivity contribution < 1.29 is 5.11 Å².